The molecule has 13 atom stereocenters. The summed E-state index contributed by atoms with van der Waals surface area (Å²) in [6, 6.07) is 8.80. The molecule has 44 heavy (non-hydrogen) atoms. The second-order valence-corrected chi connectivity index (χ2v) is 15.2. The molecule has 0 bridgehead atoms. The molecule has 4 unspecified atom stereocenters. The van der Waals surface area contributed by atoms with E-state index in [0.29, 0.717) is 41.6 Å². The lowest BCUT2D eigenvalue weighted by atomic mass is 9.44. The topological polar surface area (TPSA) is 61.8 Å². The Balaban J connectivity index is 1.23. The number of benzene rings is 1. The van der Waals surface area contributed by atoms with Crippen molar-refractivity contribution in [2.24, 2.45) is 46.3 Å². The van der Waals surface area contributed by atoms with Crippen LogP contribution in [0.4, 0.5) is 8.78 Å². The Morgan fingerprint density at radius 3 is 2.27 bits per heavy atom. The third-order valence-corrected chi connectivity index (χ3v) is 13.0. The second kappa shape index (κ2) is 13.4. The van der Waals surface area contributed by atoms with Gasteiger partial charge in [0, 0.05) is 0 Å². The summed E-state index contributed by atoms with van der Waals surface area (Å²) in [5.41, 5.74) is 0.893. The molecule has 4 saturated carbocycles. The number of carbonyl (C=O) groups is 2. The number of alkyl halides is 2. The van der Waals surface area contributed by atoms with Gasteiger partial charge in [-0.15, -0.1) is 0 Å². The van der Waals surface area contributed by atoms with Crippen molar-refractivity contribution in [1.29, 1.82) is 0 Å². The van der Waals surface area contributed by atoms with Gasteiger partial charge >= 0.3 is 11.9 Å². The molecule has 246 valence electrons. The van der Waals surface area contributed by atoms with E-state index in [-0.39, 0.29) is 22.9 Å². The van der Waals surface area contributed by atoms with Crippen LogP contribution in [0.15, 0.2) is 30.3 Å². The third-order valence-electron chi connectivity index (χ3n) is 13.0. The second-order valence-electron chi connectivity index (χ2n) is 15.2. The van der Waals surface area contributed by atoms with E-state index in [1.54, 1.807) is 31.2 Å². The molecule has 0 N–H and O–H groups in total. The number of hydrogen-bond donors (Lipinski definition) is 0. The average molecular weight is 617 g/mol. The third kappa shape index (κ3) is 6.33. The molecule has 0 spiro atoms. The van der Waals surface area contributed by atoms with Crippen LogP contribution in [0, 0.1) is 46.3 Å². The minimum Gasteiger partial charge on any atom is -0.466 e. The highest BCUT2D eigenvalue weighted by Gasteiger charge is 2.61. The van der Waals surface area contributed by atoms with Gasteiger partial charge in [0.15, 0.2) is 12.3 Å². The highest BCUT2D eigenvalue weighted by atomic mass is 19.2. The quantitative estimate of drug-likeness (QED) is 0.247. The van der Waals surface area contributed by atoms with Gasteiger partial charge < -0.3 is 14.2 Å². The van der Waals surface area contributed by atoms with Gasteiger partial charge in [-0.2, -0.15) is 0 Å². The summed E-state index contributed by atoms with van der Waals surface area (Å²) in [5.74, 6) is 2.27. The largest absolute Gasteiger partial charge is 0.466 e. The summed E-state index contributed by atoms with van der Waals surface area (Å²) in [5, 5.41) is 0. The van der Waals surface area contributed by atoms with Gasteiger partial charge in [-0.3, -0.25) is 0 Å². The number of carbonyl (C=O) groups excluding carboxylic acids is 2. The van der Waals surface area contributed by atoms with Crippen LogP contribution in [0.25, 0.3) is 0 Å². The lowest BCUT2D eigenvalue weighted by molar-refractivity contribution is -0.155. The number of esters is 2. The first-order chi connectivity index (χ1) is 20.9. The van der Waals surface area contributed by atoms with Crippen molar-refractivity contribution in [3.8, 4) is 0 Å². The average Bonchev–Trinajstić information content (AvgIpc) is 3.37. The molecular formula is C37H54F2O5. The number of rotatable bonds is 10. The van der Waals surface area contributed by atoms with Crippen LogP contribution in [-0.4, -0.2) is 49.7 Å². The molecule has 1 aromatic carbocycles. The summed E-state index contributed by atoms with van der Waals surface area (Å²) in [6.45, 7) is 10.2. The molecule has 0 aromatic heterocycles. The molecule has 5 rings (SSSR count). The molecule has 4 fully saturated rings. The summed E-state index contributed by atoms with van der Waals surface area (Å²) in [4.78, 5) is 25.6. The van der Waals surface area contributed by atoms with Gasteiger partial charge in [0.05, 0.1) is 24.9 Å². The maximum absolute atomic E-state index is 14.3. The van der Waals surface area contributed by atoms with Crippen molar-refractivity contribution in [2.45, 2.75) is 129 Å². The van der Waals surface area contributed by atoms with Gasteiger partial charge in [-0.05, 0) is 137 Å². The van der Waals surface area contributed by atoms with E-state index in [9.17, 15) is 18.4 Å². The predicted molar refractivity (Wildman–Crippen MR) is 166 cm³/mol. The van der Waals surface area contributed by atoms with Crippen molar-refractivity contribution >= 4 is 11.9 Å². The number of ether oxygens (including phenoxy) is 3. The molecule has 1 aromatic rings. The van der Waals surface area contributed by atoms with Gasteiger partial charge in [0.25, 0.3) is 0 Å². The van der Waals surface area contributed by atoms with E-state index in [1.165, 1.54) is 46.1 Å². The summed E-state index contributed by atoms with van der Waals surface area (Å²) < 4.78 is 44.7. The van der Waals surface area contributed by atoms with Crippen molar-refractivity contribution in [1.82, 2.24) is 0 Å². The van der Waals surface area contributed by atoms with Gasteiger partial charge in [-0.25, -0.2) is 18.4 Å². The first kappa shape index (κ1) is 33.3. The van der Waals surface area contributed by atoms with Gasteiger partial charge in [0.2, 0.25) is 0 Å². The molecule has 0 radical (unpaired) electrons. The van der Waals surface area contributed by atoms with Gasteiger partial charge in [0.1, 0.15) is 6.17 Å². The Morgan fingerprint density at radius 1 is 0.909 bits per heavy atom. The Labute approximate surface area is 263 Å². The summed E-state index contributed by atoms with van der Waals surface area (Å²) >= 11 is 0. The van der Waals surface area contributed by atoms with Crippen LogP contribution in [0.1, 0.15) is 109 Å². The van der Waals surface area contributed by atoms with Crippen LogP contribution in [0.5, 0.6) is 0 Å². The van der Waals surface area contributed by atoms with Crippen molar-refractivity contribution < 1.29 is 32.6 Å². The molecule has 4 aliphatic rings. The molecular weight excluding hydrogens is 562 g/mol. The normalized spacial score (nSPS) is 38.2. The fourth-order valence-electron chi connectivity index (χ4n) is 10.7. The molecule has 0 saturated heterocycles. The Kier molecular flexibility index (Phi) is 10.1. The summed E-state index contributed by atoms with van der Waals surface area (Å²) in [6.07, 6.45) is 5.86. The van der Waals surface area contributed by atoms with Crippen molar-refractivity contribution in [2.75, 3.05) is 7.11 Å². The van der Waals surface area contributed by atoms with E-state index in [2.05, 4.69) is 20.8 Å². The zero-order valence-corrected chi connectivity index (χ0v) is 27.6. The zero-order valence-electron chi connectivity index (χ0n) is 27.6. The SMILES string of the molecule is COC(=O)C(C[C@@H](C)[C@H]1CC[C@H]2[C@@H]3CC[C@H]4C[C@@H](OC(C)C(F)C(C)F)CC[C@]4(C)[C@H]3CC[C@]12C)OC(=O)c1ccccc1. The number of halogens is 2. The Bertz CT molecular complexity index is 1140. The highest BCUT2D eigenvalue weighted by molar-refractivity contribution is 5.91. The summed E-state index contributed by atoms with van der Waals surface area (Å²) in [7, 11) is 1.35. The highest BCUT2D eigenvalue weighted by Crippen LogP contribution is 2.68. The Hall–Kier alpha value is -2.02. The van der Waals surface area contributed by atoms with E-state index >= 15 is 0 Å². The van der Waals surface area contributed by atoms with Crippen LogP contribution in [0.3, 0.4) is 0 Å². The standard InChI is InChI=1S/C37H54F2O5/c1-22(20-32(35(41)42-6)44-34(40)25-10-8-7-9-11-25)29-14-15-30-28-13-12-26-21-27(43-24(3)33(39)23(2)38)16-18-36(26,4)31(28)17-19-37(29,30)5/h7-11,22-24,26-33H,12-21H2,1-6H3/t22-,23?,24?,26+,27+,28+,29-,30+,31+,32?,33?,36+,37-/m1/s1. The van der Waals surface area contributed by atoms with Crippen LogP contribution < -0.4 is 0 Å². The van der Waals surface area contributed by atoms with E-state index in [0.717, 1.165) is 25.7 Å². The maximum Gasteiger partial charge on any atom is 0.347 e. The fraction of sp³-hybridized carbons (Fsp3) is 0.784. The monoisotopic (exact) mass is 616 g/mol. The van der Waals surface area contributed by atoms with Gasteiger partial charge in [-0.1, -0.05) is 39.0 Å². The lowest BCUT2D eigenvalue weighted by Crippen LogP contribution is -2.54. The van der Waals surface area contributed by atoms with E-state index < -0.39 is 36.5 Å². The fourth-order valence-corrected chi connectivity index (χ4v) is 10.7. The first-order valence-electron chi connectivity index (χ1n) is 17.2. The number of hydrogen-bond acceptors (Lipinski definition) is 5. The molecule has 0 heterocycles. The first-order valence-corrected chi connectivity index (χ1v) is 17.2. The maximum atomic E-state index is 14.3. The molecule has 0 aliphatic heterocycles. The Morgan fingerprint density at radius 2 is 1.59 bits per heavy atom. The molecule has 5 nitrogen and oxygen atoms in total. The number of methoxy groups -OCH3 is 1. The minimum atomic E-state index is -1.58. The molecule has 0 amide bonds. The van der Waals surface area contributed by atoms with Crippen LogP contribution in [0.2, 0.25) is 0 Å². The molecule has 4 aliphatic carbocycles. The minimum absolute atomic E-state index is 0.0148. The van der Waals surface area contributed by atoms with E-state index in [1.807, 2.05) is 6.07 Å². The van der Waals surface area contributed by atoms with Crippen LogP contribution in [-0.2, 0) is 19.0 Å². The zero-order chi connectivity index (χ0) is 31.8. The predicted octanol–water partition coefficient (Wildman–Crippen LogP) is 8.54. The van der Waals surface area contributed by atoms with Crippen molar-refractivity contribution in [3.63, 3.8) is 0 Å². The smallest absolute Gasteiger partial charge is 0.347 e. The van der Waals surface area contributed by atoms with Crippen molar-refractivity contribution in [3.05, 3.63) is 35.9 Å². The lowest BCUT2D eigenvalue weighted by Gasteiger charge is -2.61. The van der Waals surface area contributed by atoms with Crippen LogP contribution >= 0.6 is 0 Å². The number of fused-ring (bicyclic) bond motifs is 5. The molecule has 7 heteroatoms. The van der Waals surface area contributed by atoms with E-state index in [4.69, 9.17) is 14.2 Å².